The third kappa shape index (κ3) is 9.77. The summed E-state index contributed by atoms with van der Waals surface area (Å²) in [5.74, 6) is 1.72. The van der Waals surface area contributed by atoms with Gasteiger partial charge in [0, 0.05) is 50.8 Å². The number of rotatable bonds is 10. The smallest absolute Gasteiger partial charge is 0.132 e. The van der Waals surface area contributed by atoms with Crippen molar-refractivity contribution in [1.82, 2.24) is 0 Å². The zero-order valence-corrected chi connectivity index (χ0v) is 51.1. The largest absolute Gasteiger partial charge is 0.457 e. The van der Waals surface area contributed by atoms with Crippen LogP contribution in [0.25, 0.3) is 22.3 Å². The van der Waals surface area contributed by atoms with Crippen molar-refractivity contribution in [3.63, 3.8) is 0 Å². The van der Waals surface area contributed by atoms with E-state index in [0.29, 0.717) is 5.02 Å². The van der Waals surface area contributed by atoms with Gasteiger partial charge < -0.3 is 19.4 Å². The normalized spacial score (nSPS) is 13.1. The van der Waals surface area contributed by atoms with Gasteiger partial charge in [-0.25, -0.2) is 0 Å². The minimum absolute atomic E-state index is 0.0104. The number of aryl methyl sites for hydroxylation is 1. The second-order valence-electron chi connectivity index (χ2n) is 26.0. The van der Waals surface area contributed by atoms with E-state index in [1.54, 1.807) is 0 Å². The Morgan fingerprint density at radius 2 is 0.706 bits per heavy atom. The topological polar surface area (TPSA) is 19.0 Å². The first-order valence-corrected chi connectivity index (χ1v) is 30.1. The van der Waals surface area contributed by atoms with Crippen LogP contribution in [0, 0.1) is 6.92 Å². The highest BCUT2D eigenvalue weighted by Gasteiger charge is 2.51. The summed E-state index contributed by atoms with van der Waals surface area (Å²) in [5.41, 5.74) is 22.2. The molecule has 420 valence electrons. The maximum absolute atomic E-state index is 8.37. The van der Waals surface area contributed by atoms with Gasteiger partial charge in [-0.1, -0.05) is 232 Å². The van der Waals surface area contributed by atoms with Crippen LogP contribution >= 0.6 is 11.6 Å². The molecular weight excluding hydrogens is 1050 g/mol. The van der Waals surface area contributed by atoms with Gasteiger partial charge in [-0.2, -0.15) is 0 Å². The van der Waals surface area contributed by atoms with E-state index < -0.39 is 5.41 Å². The number of benzene rings is 11. The average Bonchev–Trinajstić information content (AvgIpc) is 2.41. The Kier molecular flexibility index (Phi) is 13.8. The second kappa shape index (κ2) is 21.2. The first kappa shape index (κ1) is 55.1. The highest BCUT2D eigenvalue weighted by Crippen LogP contribution is 2.63. The lowest BCUT2D eigenvalue weighted by molar-refractivity contribution is 0.436. The maximum Gasteiger partial charge on any atom is 0.132 e. The van der Waals surface area contributed by atoms with Crippen molar-refractivity contribution in [1.29, 1.82) is 0 Å². The van der Waals surface area contributed by atoms with E-state index in [1.165, 1.54) is 38.9 Å². The van der Waals surface area contributed by atoms with E-state index in [-0.39, 0.29) is 16.2 Å². The molecule has 5 heteroatoms. The predicted octanol–water partition coefficient (Wildman–Crippen LogP) is 23.1. The fraction of sp³-hybridized carbons (Fsp3) is 0.175. The number of nitrogens with zero attached hydrogens (tertiary/aromatic N) is 3. The molecule has 11 aromatic rings. The number of ether oxygens (including phenoxy) is 1. The van der Waals surface area contributed by atoms with Crippen molar-refractivity contribution in [2.24, 2.45) is 0 Å². The molecule has 0 saturated carbocycles. The number of hydrogen-bond acceptors (Lipinski definition) is 4. The molecule has 0 saturated heterocycles. The lowest BCUT2D eigenvalue weighted by Crippen LogP contribution is -2.32. The van der Waals surface area contributed by atoms with Crippen LogP contribution in [-0.2, 0) is 21.7 Å². The SMILES string of the molecule is Cc1cc(N(c2ccc(C(C)(C)C)cc2)c2cccc(N(c3ccc(C(C)(C)C)cc3)c3ccccc3-c3ccccc3)c2)c(Cl)c(N(c2ccc(C(C)(C)C)cc2)c2ccc3c(c2)C2(c4ccccc4Oc4ccccc42)c2ccccc2-3)c1. The van der Waals surface area contributed by atoms with Crippen LogP contribution < -0.4 is 19.4 Å². The van der Waals surface area contributed by atoms with Gasteiger partial charge in [0.2, 0.25) is 0 Å². The molecule has 2 aliphatic rings. The van der Waals surface area contributed by atoms with Gasteiger partial charge in [0.25, 0.3) is 0 Å². The molecule has 4 nitrogen and oxygen atoms in total. The molecule has 0 radical (unpaired) electrons. The lowest BCUT2D eigenvalue weighted by Gasteiger charge is -2.39. The average molecular weight is 1130 g/mol. The van der Waals surface area contributed by atoms with E-state index in [1.807, 2.05) is 0 Å². The first-order valence-electron chi connectivity index (χ1n) is 29.8. The van der Waals surface area contributed by atoms with Crippen molar-refractivity contribution in [3.8, 4) is 33.8 Å². The summed E-state index contributed by atoms with van der Waals surface area (Å²) < 4.78 is 6.78. The Morgan fingerprint density at radius 3 is 1.20 bits per heavy atom. The summed E-state index contributed by atoms with van der Waals surface area (Å²) in [6.45, 7) is 22.6. The Balaban J connectivity index is 1.03. The molecule has 0 fully saturated rings. The molecule has 13 rings (SSSR count). The van der Waals surface area contributed by atoms with Crippen molar-refractivity contribution < 1.29 is 4.74 Å². The van der Waals surface area contributed by atoms with Crippen LogP contribution in [-0.4, -0.2) is 0 Å². The zero-order valence-electron chi connectivity index (χ0n) is 50.4. The Hall–Kier alpha value is -9.09. The number of fused-ring (bicyclic) bond motifs is 9. The van der Waals surface area contributed by atoms with Gasteiger partial charge in [0.1, 0.15) is 11.5 Å². The molecular formula is C80H72ClN3O. The highest BCUT2D eigenvalue weighted by atomic mass is 35.5. The van der Waals surface area contributed by atoms with Gasteiger partial charge in [0.05, 0.1) is 27.5 Å². The molecule has 85 heavy (non-hydrogen) atoms. The minimum atomic E-state index is -0.665. The van der Waals surface area contributed by atoms with Gasteiger partial charge in [-0.05, 0) is 170 Å². The molecule has 1 heterocycles. The fourth-order valence-electron chi connectivity index (χ4n) is 13.0. The number of halogens is 1. The molecule has 0 amide bonds. The summed E-state index contributed by atoms with van der Waals surface area (Å²) in [6, 6.07) is 93.2. The summed E-state index contributed by atoms with van der Waals surface area (Å²) >= 11 is 8.37. The summed E-state index contributed by atoms with van der Waals surface area (Å²) in [4.78, 5) is 7.13. The van der Waals surface area contributed by atoms with Gasteiger partial charge in [-0.15, -0.1) is 0 Å². The van der Waals surface area contributed by atoms with Crippen molar-refractivity contribution in [2.75, 3.05) is 14.7 Å². The van der Waals surface area contributed by atoms with Crippen LogP contribution in [0.2, 0.25) is 5.02 Å². The summed E-state index contributed by atoms with van der Waals surface area (Å²) in [5, 5.41) is 0.611. The molecule has 11 aromatic carbocycles. The molecule has 0 unspecified atom stereocenters. The van der Waals surface area contributed by atoms with Crippen molar-refractivity contribution in [2.45, 2.75) is 90.9 Å². The van der Waals surface area contributed by atoms with Crippen LogP contribution in [0.15, 0.2) is 255 Å². The quantitative estimate of drug-likeness (QED) is 0.136. The third-order valence-corrected chi connectivity index (χ3v) is 17.7. The summed E-state index contributed by atoms with van der Waals surface area (Å²) in [7, 11) is 0. The molecule has 0 atom stereocenters. The maximum atomic E-state index is 8.37. The molecule has 1 aliphatic heterocycles. The van der Waals surface area contributed by atoms with Gasteiger partial charge >= 0.3 is 0 Å². The van der Waals surface area contributed by atoms with Gasteiger partial charge in [0.15, 0.2) is 0 Å². The van der Waals surface area contributed by atoms with Crippen molar-refractivity contribution >= 4 is 62.8 Å². The van der Waals surface area contributed by atoms with Gasteiger partial charge in [-0.3, -0.25) is 0 Å². The fourth-order valence-corrected chi connectivity index (χ4v) is 13.2. The molecule has 1 spiro atoms. The van der Waals surface area contributed by atoms with Crippen LogP contribution in [0.3, 0.4) is 0 Å². The number of para-hydroxylation sites is 3. The molecule has 0 N–H and O–H groups in total. The molecule has 1 aliphatic carbocycles. The Bertz CT molecular complexity index is 4250. The van der Waals surface area contributed by atoms with E-state index >= 15 is 0 Å². The summed E-state index contributed by atoms with van der Waals surface area (Å²) in [6.07, 6.45) is 0. The monoisotopic (exact) mass is 1130 g/mol. The van der Waals surface area contributed by atoms with Crippen LogP contribution in [0.4, 0.5) is 51.2 Å². The Morgan fingerprint density at radius 1 is 0.318 bits per heavy atom. The van der Waals surface area contributed by atoms with E-state index in [9.17, 15) is 0 Å². The van der Waals surface area contributed by atoms with Crippen LogP contribution in [0.1, 0.15) is 107 Å². The second-order valence-corrected chi connectivity index (χ2v) is 26.4. The molecule has 0 aromatic heterocycles. The molecule has 0 bridgehead atoms. The standard InChI is InChI=1S/C80H72ClN3O/c1-53-49-72(83(59-43-37-56(38-44-59)78(5,6)7)62-26-22-25-61(51-62)82(58-41-35-55(36-42-58)77(2,3)4)71-32-19-15-27-64(71)54-23-12-11-13-24-54)76(81)73(50-53)84(60-45-39-57(40-46-60)79(8,9)10)63-47-48-66-65-28-14-16-29-67(65)80(70(66)52-63)68-30-17-20-33-74(68)85-75-34-21-18-31-69(75)80/h11-52H,1-10H3. The van der Waals surface area contributed by atoms with Crippen LogP contribution in [0.5, 0.6) is 11.5 Å². The number of hydrogen-bond donors (Lipinski definition) is 0. The lowest BCUT2D eigenvalue weighted by atomic mass is 9.66. The predicted molar refractivity (Wildman–Crippen MR) is 359 cm³/mol. The Labute approximate surface area is 508 Å². The zero-order chi connectivity index (χ0) is 59.0. The minimum Gasteiger partial charge on any atom is -0.457 e. The van der Waals surface area contributed by atoms with E-state index in [2.05, 4.69) is 339 Å². The van der Waals surface area contributed by atoms with Crippen molar-refractivity contribution in [3.05, 3.63) is 304 Å². The first-order chi connectivity index (χ1) is 40.9. The third-order valence-electron chi connectivity index (χ3n) is 17.3. The highest BCUT2D eigenvalue weighted by molar-refractivity contribution is 6.36. The van der Waals surface area contributed by atoms with E-state index in [0.717, 1.165) is 90.5 Å². The van der Waals surface area contributed by atoms with E-state index in [4.69, 9.17) is 16.3 Å². The number of anilines is 9.